The largest absolute Gasteiger partial charge is 2.00 e. The summed E-state index contributed by atoms with van der Waals surface area (Å²) in [4.78, 5) is 37.2. The Bertz CT molecular complexity index is 1440. The van der Waals surface area contributed by atoms with Gasteiger partial charge in [-0.25, -0.2) is 9.97 Å². The zero-order valence-corrected chi connectivity index (χ0v) is 26.2. The minimum absolute atomic E-state index is 0. The molecule has 0 amide bonds. The summed E-state index contributed by atoms with van der Waals surface area (Å²) in [6, 6.07) is 14.8. The molecule has 216 valence electrons. The summed E-state index contributed by atoms with van der Waals surface area (Å²) in [5.41, 5.74) is 4.23. The van der Waals surface area contributed by atoms with Crippen molar-refractivity contribution in [3.05, 3.63) is 104 Å². The van der Waals surface area contributed by atoms with Crippen molar-refractivity contribution in [1.29, 1.82) is 0 Å². The van der Waals surface area contributed by atoms with E-state index in [4.69, 9.17) is 32.7 Å². The fraction of sp³-hybridized carbons (Fsp3) is 0.214. The third-order valence-electron chi connectivity index (χ3n) is 5.75. The number of hydrogen-bond acceptors (Lipinski definition) is 10. The van der Waals surface area contributed by atoms with Crippen LogP contribution in [0.2, 0.25) is 10.0 Å². The zero-order valence-electron chi connectivity index (χ0n) is 23.2. The minimum atomic E-state index is -1.43. The molecule has 2 aromatic heterocycles. The third-order valence-corrected chi connectivity index (χ3v) is 6.49. The first-order chi connectivity index (χ1) is 19.0. The Labute approximate surface area is 268 Å². The van der Waals surface area contributed by atoms with Crippen LogP contribution in [0.5, 0.6) is 11.8 Å². The van der Waals surface area contributed by atoms with Crippen molar-refractivity contribution < 1.29 is 34.8 Å². The number of carboxylic acid groups (broad SMARTS) is 2. The monoisotopic (exact) mass is 624 g/mol. The van der Waals surface area contributed by atoms with E-state index in [-0.39, 0.29) is 51.9 Å². The molecule has 4 aromatic rings. The maximum absolute atomic E-state index is 10.8. The number of methoxy groups -OCH3 is 2. The second kappa shape index (κ2) is 16.8. The van der Waals surface area contributed by atoms with Gasteiger partial charge in [0.15, 0.2) is 11.6 Å². The smallest absolute Gasteiger partial charge is 0.541 e. The molecule has 0 saturated heterocycles. The Morgan fingerprint density at radius 2 is 1.02 bits per heavy atom. The fourth-order valence-electron chi connectivity index (χ4n) is 3.73. The molecule has 2 N–H and O–H groups in total. The molecule has 0 fully saturated rings. The standard InChI is InChI=1S/2C14H13ClN2O3.Mg.H2O/c2*1-8-10(7-9-5-3-4-6-11(9)15)13(20-2)17-12(16-8)14(18)19;;/h2*3-6H,7H2,1-2H3,(H,18,19);;1H2/q;;+2;/p-2. The summed E-state index contributed by atoms with van der Waals surface area (Å²) in [6.07, 6.45) is 0.921. The fourth-order valence-corrected chi connectivity index (χ4v) is 4.14. The number of halogens is 2. The van der Waals surface area contributed by atoms with Crippen LogP contribution in [-0.4, -0.2) is 74.6 Å². The number of carboxylic acids is 2. The number of aryl methyl sites for hydroxylation is 2. The van der Waals surface area contributed by atoms with Crippen LogP contribution < -0.4 is 19.7 Å². The van der Waals surface area contributed by atoms with E-state index in [9.17, 15) is 19.8 Å². The van der Waals surface area contributed by atoms with E-state index < -0.39 is 11.9 Å². The maximum Gasteiger partial charge on any atom is 2.00 e. The molecule has 0 unspecified atom stereocenters. The van der Waals surface area contributed by atoms with Crippen LogP contribution in [0.1, 0.15) is 54.9 Å². The van der Waals surface area contributed by atoms with E-state index >= 15 is 0 Å². The van der Waals surface area contributed by atoms with E-state index in [1.807, 2.05) is 36.4 Å². The normalized spacial score (nSPS) is 9.86. The first-order valence-electron chi connectivity index (χ1n) is 11.8. The first-order valence-corrected chi connectivity index (χ1v) is 12.5. The summed E-state index contributed by atoms with van der Waals surface area (Å²) in [7, 11) is 2.86. The average Bonchev–Trinajstić information content (AvgIpc) is 2.92. The number of ether oxygens (including phenoxy) is 2. The van der Waals surface area contributed by atoms with Crippen LogP contribution in [0, 0.1) is 13.8 Å². The molecular weight excluding hydrogens is 600 g/mol. The zero-order chi connectivity index (χ0) is 29.4. The van der Waals surface area contributed by atoms with E-state index in [0.29, 0.717) is 45.4 Å². The molecule has 0 bridgehead atoms. The molecule has 2 aromatic carbocycles. The predicted molar refractivity (Wildman–Crippen MR) is 153 cm³/mol. The topological polar surface area (TPSA) is 182 Å². The van der Waals surface area contributed by atoms with E-state index in [0.717, 1.165) is 11.1 Å². The third kappa shape index (κ3) is 9.23. The molecule has 2 heterocycles. The number of carbonyl (C=O) groups excluding carboxylic acids is 2. The number of benzene rings is 2. The molecule has 0 aliphatic carbocycles. The number of hydrogen-bond donors (Lipinski definition) is 0. The van der Waals surface area contributed by atoms with Gasteiger partial charge >= 0.3 is 23.1 Å². The van der Waals surface area contributed by atoms with Gasteiger partial charge in [-0.15, -0.1) is 0 Å². The van der Waals surface area contributed by atoms with E-state index in [1.165, 1.54) is 14.2 Å². The maximum atomic E-state index is 10.8. The summed E-state index contributed by atoms with van der Waals surface area (Å²) < 4.78 is 10.3. The quantitative estimate of drug-likeness (QED) is 0.261. The Balaban J connectivity index is 0.000000401. The molecular formula is C28H26Cl2MgN4O7. The molecule has 0 spiro atoms. The summed E-state index contributed by atoms with van der Waals surface area (Å²) in [5.74, 6) is -3.20. The molecule has 0 aliphatic rings. The predicted octanol–water partition coefficient (Wildman–Crippen LogP) is 1.60. The van der Waals surface area contributed by atoms with Crippen LogP contribution in [-0.2, 0) is 12.8 Å². The van der Waals surface area contributed by atoms with Crippen molar-refractivity contribution in [2.24, 2.45) is 0 Å². The van der Waals surface area contributed by atoms with Gasteiger partial charge in [0.2, 0.25) is 11.8 Å². The Morgan fingerprint density at radius 3 is 1.31 bits per heavy atom. The van der Waals surface area contributed by atoms with Gasteiger partial charge in [-0.2, -0.15) is 9.97 Å². The van der Waals surface area contributed by atoms with Gasteiger partial charge in [0.25, 0.3) is 0 Å². The minimum Gasteiger partial charge on any atom is -0.541 e. The summed E-state index contributed by atoms with van der Waals surface area (Å²) in [6.45, 7) is 3.39. The van der Waals surface area contributed by atoms with Crippen molar-refractivity contribution >= 4 is 58.2 Å². The molecule has 14 heteroatoms. The summed E-state index contributed by atoms with van der Waals surface area (Å²) in [5, 5.41) is 22.9. The molecule has 11 nitrogen and oxygen atoms in total. The van der Waals surface area contributed by atoms with Gasteiger partial charge in [-0.05, 0) is 37.1 Å². The first kappa shape index (κ1) is 36.5. The molecule has 42 heavy (non-hydrogen) atoms. The summed E-state index contributed by atoms with van der Waals surface area (Å²) >= 11 is 12.2. The number of aromatic nitrogens is 4. The van der Waals surface area contributed by atoms with Gasteiger partial charge in [0, 0.05) is 45.4 Å². The second-order valence-corrected chi connectivity index (χ2v) is 9.17. The van der Waals surface area contributed by atoms with Gasteiger partial charge in [0.05, 0.1) is 14.2 Å². The number of carbonyl (C=O) groups is 2. The Hall–Kier alpha value is -3.55. The number of rotatable bonds is 8. The van der Waals surface area contributed by atoms with Crippen molar-refractivity contribution in [3.8, 4) is 11.8 Å². The van der Waals surface area contributed by atoms with Crippen LogP contribution in [0.15, 0.2) is 48.5 Å². The van der Waals surface area contributed by atoms with Gasteiger partial charge < -0.3 is 34.8 Å². The van der Waals surface area contributed by atoms with Crippen molar-refractivity contribution in [2.75, 3.05) is 14.2 Å². The van der Waals surface area contributed by atoms with E-state index in [1.54, 1.807) is 26.0 Å². The van der Waals surface area contributed by atoms with Crippen LogP contribution in [0.4, 0.5) is 0 Å². The molecule has 4 rings (SSSR count). The van der Waals surface area contributed by atoms with Crippen molar-refractivity contribution in [2.45, 2.75) is 26.7 Å². The number of nitrogens with zero attached hydrogens (tertiary/aromatic N) is 4. The van der Waals surface area contributed by atoms with Gasteiger partial charge in [-0.3, -0.25) is 0 Å². The Morgan fingerprint density at radius 1 is 0.690 bits per heavy atom. The van der Waals surface area contributed by atoms with Gasteiger partial charge in [-0.1, -0.05) is 59.6 Å². The Kier molecular flexibility index (Phi) is 14.6. The van der Waals surface area contributed by atoms with Crippen LogP contribution in [0.3, 0.4) is 0 Å². The SMILES string of the molecule is COc1nc(C(=O)[O-])nc(C)c1Cc1ccccc1Cl.COc1nc(C(=O)[O-])nc(C)c1Cc1ccccc1Cl.O.[Mg+2]. The second-order valence-electron chi connectivity index (χ2n) is 8.35. The average molecular weight is 626 g/mol. The van der Waals surface area contributed by atoms with Crippen molar-refractivity contribution in [1.82, 2.24) is 19.9 Å². The van der Waals surface area contributed by atoms with Crippen LogP contribution >= 0.6 is 23.2 Å². The number of aromatic carboxylic acids is 2. The molecule has 0 saturated carbocycles. The molecule has 0 aliphatic heterocycles. The van der Waals surface area contributed by atoms with Gasteiger partial charge in [0.1, 0.15) is 11.9 Å². The van der Waals surface area contributed by atoms with Crippen LogP contribution in [0.25, 0.3) is 0 Å². The molecule has 0 atom stereocenters. The van der Waals surface area contributed by atoms with E-state index in [2.05, 4.69) is 19.9 Å². The van der Waals surface area contributed by atoms with Crippen molar-refractivity contribution in [3.63, 3.8) is 0 Å². The molecule has 0 radical (unpaired) electrons.